The van der Waals surface area contributed by atoms with Crippen molar-refractivity contribution in [2.45, 2.75) is 38.5 Å². The number of hydrogen-bond acceptors (Lipinski definition) is 3. The van der Waals surface area contributed by atoms with Gasteiger partial charge in [-0.2, -0.15) is 5.10 Å². The molecule has 0 radical (unpaired) electrons. The Hall–Kier alpha value is -2.17. The van der Waals surface area contributed by atoms with E-state index in [1.807, 2.05) is 36.5 Å². The molecule has 5 nitrogen and oxygen atoms in total. The van der Waals surface area contributed by atoms with Crippen LogP contribution < -0.4 is 4.90 Å². The molecule has 1 heterocycles. The Morgan fingerprint density at radius 2 is 1.50 bits per heavy atom. The van der Waals surface area contributed by atoms with Crippen molar-refractivity contribution < 1.29 is 9.59 Å². The Kier molecular flexibility index (Phi) is 3.66. The van der Waals surface area contributed by atoms with Gasteiger partial charge < -0.3 is 4.90 Å². The molecule has 0 unspecified atom stereocenters. The Morgan fingerprint density at radius 3 is 2.12 bits per heavy atom. The molecular weight excluding hydrogens is 326 g/mol. The third-order valence-electron chi connectivity index (χ3n) is 6.79. The van der Waals surface area contributed by atoms with Gasteiger partial charge in [0.15, 0.2) is 0 Å². The van der Waals surface area contributed by atoms with Crippen LogP contribution in [0, 0.1) is 23.2 Å². The van der Waals surface area contributed by atoms with Gasteiger partial charge in [0.25, 0.3) is 5.91 Å². The third-order valence-corrected chi connectivity index (χ3v) is 6.79. The Bertz CT molecular complexity index is 722. The molecule has 5 heteroatoms. The van der Waals surface area contributed by atoms with Gasteiger partial charge in [-0.25, -0.2) is 5.01 Å². The highest BCUT2D eigenvalue weighted by molar-refractivity contribution is 6.04. The van der Waals surface area contributed by atoms with Gasteiger partial charge >= 0.3 is 0 Å². The highest BCUT2D eigenvalue weighted by atomic mass is 16.2. The van der Waals surface area contributed by atoms with Crippen LogP contribution in [-0.2, 0) is 9.59 Å². The molecule has 5 fully saturated rings. The second-order valence-corrected chi connectivity index (χ2v) is 8.79. The Morgan fingerprint density at radius 1 is 0.885 bits per heavy atom. The first-order valence-electron chi connectivity index (χ1n) is 9.81. The molecule has 1 aromatic rings. The largest absolute Gasteiger partial charge is 0.301 e. The highest BCUT2D eigenvalue weighted by Crippen LogP contribution is 2.59. The minimum Gasteiger partial charge on any atom is -0.301 e. The average molecular weight is 351 g/mol. The van der Waals surface area contributed by atoms with Crippen LogP contribution in [0.2, 0.25) is 0 Å². The quantitative estimate of drug-likeness (QED) is 0.786. The number of rotatable bonds is 3. The monoisotopic (exact) mass is 351 g/mol. The van der Waals surface area contributed by atoms with Crippen molar-refractivity contribution in [1.82, 2.24) is 5.01 Å². The van der Waals surface area contributed by atoms with E-state index < -0.39 is 0 Å². The number of hydrogen-bond donors (Lipinski definition) is 0. The molecule has 6 rings (SSSR count). The van der Waals surface area contributed by atoms with Crippen molar-refractivity contribution in [3.63, 3.8) is 0 Å². The van der Waals surface area contributed by atoms with Gasteiger partial charge in [0.2, 0.25) is 5.91 Å². The van der Waals surface area contributed by atoms with Crippen LogP contribution in [0.5, 0.6) is 0 Å². The summed E-state index contributed by atoms with van der Waals surface area (Å²) >= 11 is 0. The molecule has 0 spiro atoms. The van der Waals surface area contributed by atoms with Crippen molar-refractivity contribution in [3.05, 3.63) is 30.3 Å². The zero-order valence-corrected chi connectivity index (χ0v) is 15.0. The summed E-state index contributed by atoms with van der Waals surface area (Å²) in [6.45, 7) is 0.109. The fourth-order valence-electron chi connectivity index (χ4n) is 6.08. The lowest BCUT2D eigenvalue weighted by atomic mass is 9.50. The van der Waals surface area contributed by atoms with Gasteiger partial charge in [0.1, 0.15) is 13.1 Å². The van der Waals surface area contributed by atoms with Crippen LogP contribution in [0.25, 0.3) is 0 Å². The van der Waals surface area contributed by atoms with Gasteiger partial charge in [-0.1, -0.05) is 18.2 Å². The summed E-state index contributed by atoms with van der Waals surface area (Å²) in [4.78, 5) is 26.6. The highest BCUT2D eigenvalue weighted by Gasteiger charge is 2.50. The third kappa shape index (κ3) is 2.74. The number of hydrazone groups is 1. The molecule has 1 aromatic carbocycles. The zero-order chi connectivity index (χ0) is 17.7. The SMILES string of the molecule is O=C1CN(c2ccccc2)C(=O)CN1/N=C\C12CC3CC(CC(C3)C1)C2. The summed E-state index contributed by atoms with van der Waals surface area (Å²) in [5.41, 5.74) is 0.949. The lowest BCUT2D eigenvalue weighted by molar-refractivity contribution is -0.138. The first-order chi connectivity index (χ1) is 12.6. The molecule has 0 atom stereocenters. The number of amides is 2. The first-order valence-corrected chi connectivity index (χ1v) is 9.81. The molecule has 4 aliphatic carbocycles. The number of nitrogens with zero attached hydrogens (tertiary/aromatic N) is 3. The van der Waals surface area contributed by atoms with Gasteiger partial charge in [-0.05, 0) is 68.4 Å². The predicted octanol–water partition coefficient (Wildman–Crippen LogP) is 3.06. The Balaban J connectivity index is 1.30. The number of piperazine rings is 1. The standard InChI is InChI=1S/C21H25N3O2/c25-19-13-24(20(26)12-23(19)18-4-2-1-3-5-18)22-14-21-9-15-6-16(10-21)8-17(7-15)11-21/h1-5,14-17H,6-13H2/b22-14-. The molecule has 1 aliphatic heterocycles. The fraction of sp³-hybridized carbons (Fsp3) is 0.571. The molecule has 26 heavy (non-hydrogen) atoms. The van der Waals surface area contributed by atoms with E-state index in [9.17, 15) is 9.59 Å². The van der Waals surface area contributed by atoms with Crippen LogP contribution >= 0.6 is 0 Å². The smallest absolute Gasteiger partial charge is 0.263 e. The van der Waals surface area contributed by atoms with Gasteiger partial charge in [0, 0.05) is 17.3 Å². The normalized spacial score (nSPS) is 36.4. The topological polar surface area (TPSA) is 53.0 Å². The molecule has 5 aliphatic rings. The maximum absolute atomic E-state index is 12.6. The summed E-state index contributed by atoms with van der Waals surface area (Å²) in [6.07, 6.45) is 9.86. The van der Waals surface area contributed by atoms with Crippen molar-refractivity contribution in [3.8, 4) is 0 Å². The lowest BCUT2D eigenvalue weighted by Crippen LogP contribution is -2.52. The van der Waals surface area contributed by atoms with E-state index in [0.717, 1.165) is 23.4 Å². The van der Waals surface area contributed by atoms with Crippen LogP contribution in [-0.4, -0.2) is 36.1 Å². The summed E-state index contributed by atoms with van der Waals surface area (Å²) in [5, 5.41) is 5.93. The molecular formula is C21H25N3O2. The molecule has 4 saturated carbocycles. The van der Waals surface area contributed by atoms with E-state index in [4.69, 9.17) is 0 Å². The molecule has 1 saturated heterocycles. The minimum atomic E-state index is -0.102. The molecule has 0 N–H and O–H groups in total. The second-order valence-electron chi connectivity index (χ2n) is 8.79. The van der Waals surface area contributed by atoms with Gasteiger partial charge in [-0.3, -0.25) is 9.59 Å². The van der Waals surface area contributed by atoms with Crippen LogP contribution in [0.4, 0.5) is 5.69 Å². The second kappa shape index (κ2) is 5.93. The zero-order valence-electron chi connectivity index (χ0n) is 15.0. The van der Waals surface area contributed by atoms with E-state index >= 15 is 0 Å². The van der Waals surface area contributed by atoms with Crippen LogP contribution in [0.1, 0.15) is 38.5 Å². The van der Waals surface area contributed by atoms with Gasteiger partial charge in [0.05, 0.1) is 0 Å². The average Bonchev–Trinajstić information content (AvgIpc) is 2.62. The fourth-order valence-corrected chi connectivity index (χ4v) is 6.08. The van der Waals surface area contributed by atoms with Crippen LogP contribution in [0.3, 0.4) is 0 Å². The van der Waals surface area contributed by atoms with Crippen molar-refractivity contribution in [2.24, 2.45) is 28.3 Å². The summed E-state index contributed by atoms with van der Waals surface area (Å²) in [7, 11) is 0. The van der Waals surface area contributed by atoms with Crippen molar-refractivity contribution >= 4 is 23.7 Å². The molecule has 136 valence electrons. The summed E-state index contributed by atoms with van der Waals surface area (Å²) in [5.74, 6) is 2.37. The van der Waals surface area contributed by atoms with E-state index in [2.05, 4.69) is 5.10 Å². The minimum absolute atomic E-state index is 0.0383. The number of para-hydroxylation sites is 1. The van der Waals surface area contributed by atoms with E-state index in [-0.39, 0.29) is 30.3 Å². The molecule has 2 amide bonds. The lowest BCUT2D eigenvalue weighted by Gasteiger charge is -2.55. The van der Waals surface area contributed by atoms with E-state index in [0.29, 0.717) is 0 Å². The summed E-state index contributed by atoms with van der Waals surface area (Å²) in [6, 6.07) is 9.39. The van der Waals surface area contributed by atoms with E-state index in [1.165, 1.54) is 43.5 Å². The number of benzene rings is 1. The predicted molar refractivity (Wildman–Crippen MR) is 99.6 cm³/mol. The van der Waals surface area contributed by atoms with Crippen molar-refractivity contribution in [1.29, 1.82) is 0 Å². The maximum Gasteiger partial charge on any atom is 0.263 e. The molecule has 0 aromatic heterocycles. The Labute approximate surface area is 154 Å². The van der Waals surface area contributed by atoms with E-state index in [1.54, 1.807) is 4.90 Å². The maximum atomic E-state index is 12.6. The van der Waals surface area contributed by atoms with Crippen LogP contribution in [0.15, 0.2) is 35.4 Å². The first kappa shape index (κ1) is 16.0. The summed E-state index contributed by atoms with van der Waals surface area (Å²) < 4.78 is 0. The number of carbonyl (C=O) groups is 2. The van der Waals surface area contributed by atoms with Crippen molar-refractivity contribution in [2.75, 3.05) is 18.0 Å². The number of carbonyl (C=O) groups excluding carboxylic acids is 2. The van der Waals surface area contributed by atoms with Gasteiger partial charge in [-0.15, -0.1) is 0 Å². The molecule has 4 bridgehead atoms. The number of anilines is 1.